The lowest BCUT2D eigenvalue weighted by atomic mass is 9.90. The SMILES string of the molecule is CC(C)(C)OC(=O)N1CCC(c2coc3c(N4CCCc5cc(S(C)(=O)=O)ccc54)ncnc23)CC1. The molecule has 36 heavy (non-hydrogen) atoms. The van der Waals surface area contributed by atoms with Crippen molar-refractivity contribution in [3.05, 3.63) is 41.9 Å². The van der Waals surface area contributed by atoms with E-state index in [0.29, 0.717) is 29.4 Å². The number of benzene rings is 1. The number of carbonyl (C=O) groups excluding carboxylic acids is 1. The van der Waals surface area contributed by atoms with Crippen molar-refractivity contribution in [2.75, 3.05) is 30.8 Å². The second-order valence-corrected chi connectivity index (χ2v) is 12.6. The molecule has 5 rings (SSSR count). The van der Waals surface area contributed by atoms with Gasteiger partial charge in [-0.2, -0.15) is 0 Å². The van der Waals surface area contributed by atoms with Crippen LogP contribution in [0.25, 0.3) is 11.1 Å². The predicted octanol–water partition coefficient (Wildman–Crippen LogP) is 4.83. The minimum Gasteiger partial charge on any atom is -0.458 e. The molecule has 0 aliphatic carbocycles. The molecular formula is C26H32N4O5S. The Hall–Kier alpha value is -3.14. The molecule has 192 valence electrons. The van der Waals surface area contributed by atoms with Crippen LogP contribution in [-0.2, 0) is 21.0 Å². The maximum absolute atomic E-state index is 12.4. The number of carbonyl (C=O) groups is 1. The molecule has 0 N–H and O–H groups in total. The van der Waals surface area contributed by atoms with Gasteiger partial charge in [0.1, 0.15) is 17.4 Å². The Kier molecular flexibility index (Phi) is 6.18. The summed E-state index contributed by atoms with van der Waals surface area (Å²) >= 11 is 0. The predicted molar refractivity (Wildman–Crippen MR) is 136 cm³/mol. The number of likely N-dealkylation sites (tertiary alicyclic amines) is 1. The summed E-state index contributed by atoms with van der Waals surface area (Å²) in [5, 5.41) is 0. The number of amides is 1. The van der Waals surface area contributed by atoms with Crippen molar-refractivity contribution in [2.45, 2.75) is 62.9 Å². The number of nitrogens with zero attached hydrogens (tertiary/aromatic N) is 4. The Bertz CT molecular complexity index is 1400. The number of ether oxygens (including phenoxy) is 1. The van der Waals surface area contributed by atoms with Gasteiger partial charge in [-0.05, 0) is 76.1 Å². The van der Waals surface area contributed by atoms with Gasteiger partial charge >= 0.3 is 6.09 Å². The molecule has 0 bridgehead atoms. The average molecular weight is 513 g/mol. The Morgan fingerprint density at radius 2 is 1.89 bits per heavy atom. The Labute approximate surface area is 211 Å². The Balaban J connectivity index is 1.40. The second-order valence-electron chi connectivity index (χ2n) is 10.6. The number of rotatable bonds is 3. The third-order valence-electron chi connectivity index (χ3n) is 6.80. The number of hydrogen-bond donors (Lipinski definition) is 0. The highest BCUT2D eigenvalue weighted by molar-refractivity contribution is 7.90. The molecule has 1 saturated heterocycles. The fraction of sp³-hybridized carbons (Fsp3) is 0.500. The van der Waals surface area contributed by atoms with E-state index in [4.69, 9.17) is 9.15 Å². The van der Waals surface area contributed by atoms with Crippen LogP contribution >= 0.6 is 0 Å². The van der Waals surface area contributed by atoms with E-state index < -0.39 is 15.4 Å². The van der Waals surface area contributed by atoms with Crippen molar-refractivity contribution < 1.29 is 22.4 Å². The normalized spacial score (nSPS) is 17.3. The van der Waals surface area contributed by atoms with E-state index in [1.165, 1.54) is 6.26 Å². The molecule has 0 unspecified atom stereocenters. The fourth-order valence-electron chi connectivity index (χ4n) is 5.06. The van der Waals surface area contributed by atoms with Crippen LogP contribution in [0.4, 0.5) is 16.3 Å². The van der Waals surface area contributed by atoms with E-state index >= 15 is 0 Å². The molecule has 2 aliphatic heterocycles. The molecule has 0 radical (unpaired) electrons. The van der Waals surface area contributed by atoms with Crippen LogP contribution in [0.5, 0.6) is 0 Å². The first-order valence-electron chi connectivity index (χ1n) is 12.3. The molecule has 0 atom stereocenters. The van der Waals surface area contributed by atoms with Crippen LogP contribution in [0.2, 0.25) is 0 Å². The van der Waals surface area contributed by atoms with Gasteiger partial charge in [0.25, 0.3) is 0 Å². The van der Waals surface area contributed by atoms with Crippen molar-refractivity contribution >= 4 is 38.5 Å². The standard InChI is InChI=1S/C26H32N4O5S/c1-26(2,3)35-25(31)29-12-9-17(10-13-29)20-15-34-23-22(20)27-16-28-24(23)30-11-5-6-18-14-19(36(4,32)33)7-8-21(18)30/h7-8,14-17H,5-6,9-13H2,1-4H3. The van der Waals surface area contributed by atoms with Crippen molar-refractivity contribution in [1.29, 1.82) is 0 Å². The van der Waals surface area contributed by atoms with E-state index in [2.05, 4.69) is 14.9 Å². The number of fused-ring (bicyclic) bond motifs is 2. The van der Waals surface area contributed by atoms with Gasteiger partial charge in [-0.25, -0.2) is 23.2 Å². The molecule has 0 saturated carbocycles. The van der Waals surface area contributed by atoms with Crippen LogP contribution in [-0.4, -0.2) is 60.9 Å². The van der Waals surface area contributed by atoms with E-state index in [1.54, 1.807) is 29.6 Å². The van der Waals surface area contributed by atoms with E-state index in [1.807, 2.05) is 26.8 Å². The number of furan rings is 1. The second kappa shape index (κ2) is 9.06. The molecule has 3 aromatic rings. The first kappa shape index (κ1) is 24.5. The van der Waals surface area contributed by atoms with E-state index in [0.717, 1.165) is 54.6 Å². The van der Waals surface area contributed by atoms with Crippen molar-refractivity contribution in [1.82, 2.24) is 14.9 Å². The molecule has 9 nitrogen and oxygen atoms in total. The summed E-state index contributed by atoms with van der Waals surface area (Å²) in [4.78, 5) is 25.7. The first-order valence-corrected chi connectivity index (χ1v) is 14.2. The molecule has 4 heterocycles. The van der Waals surface area contributed by atoms with Crippen LogP contribution in [0.1, 0.15) is 57.1 Å². The molecule has 2 aromatic heterocycles. The van der Waals surface area contributed by atoms with Gasteiger partial charge in [0, 0.05) is 37.1 Å². The largest absolute Gasteiger partial charge is 0.458 e. The van der Waals surface area contributed by atoms with Gasteiger partial charge in [0.15, 0.2) is 21.2 Å². The highest BCUT2D eigenvalue weighted by Gasteiger charge is 2.31. The molecule has 1 aromatic carbocycles. The van der Waals surface area contributed by atoms with Gasteiger partial charge < -0.3 is 19.0 Å². The monoisotopic (exact) mass is 512 g/mol. The van der Waals surface area contributed by atoms with Crippen LogP contribution < -0.4 is 4.90 Å². The highest BCUT2D eigenvalue weighted by atomic mass is 32.2. The molecule has 0 spiro atoms. The third kappa shape index (κ3) is 4.78. The highest BCUT2D eigenvalue weighted by Crippen LogP contribution is 2.40. The van der Waals surface area contributed by atoms with Crippen molar-refractivity contribution in [2.24, 2.45) is 0 Å². The van der Waals surface area contributed by atoms with E-state index in [-0.39, 0.29) is 12.0 Å². The summed E-state index contributed by atoms with van der Waals surface area (Å²) in [5.74, 6) is 0.907. The molecule has 2 aliphatic rings. The fourth-order valence-corrected chi connectivity index (χ4v) is 5.73. The van der Waals surface area contributed by atoms with Crippen LogP contribution in [0, 0.1) is 0 Å². The van der Waals surface area contributed by atoms with Crippen LogP contribution in [0.15, 0.2) is 40.1 Å². The summed E-state index contributed by atoms with van der Waals surface area (Å²) in [5.41, 5.74) is 3.86. The lowest BCUT2D eigenvalue weighted by molar-refractivity contribution is 0.0205. The first-order chi connectivity index (χ1) is 17.0. The van der Waals surface area contributed by atoms with Gasteiger partial charge in [0.2, 0.25) is 0 Å². The van der Waals surface area contributed by atoms with Crippen molar-refractivity contribution in [3.8, 4) is 0 Å². The zero-order valence-electron chi connectivity index (χ0n) is 21.2. The zero-order valence-corrected chi connectivity index (χ0v) is 22.0. The average Bonchev–Trinajstić information content (AvgIpc) is 3.26. The number of piperidine rings is 1. The minimum atomic E-state index is -3.28. The summed E-state index contributed by atoms with van der Waals surface area (Å²) in [6.07, 6.45) is 7.57. The van der Waals surface area contributed by atoms with Gasteiger partial charge in [-0.15, -0.1) is 0 Å². The summed E-state index contributed by atoms with van der Waals surface area (Å²) in [6.45, 7) is 7.61. The zero-order chi connectivity index (χ0) is 25.7. The lowest BCUT2D eigenvalue weighted by Crippen LogP contribution is -2.41. The summed E-state index contributed by atoms with van der Waals surface area (Å²) in [6, 6.07) is 5.27. The maximum Gasteiger partial charge on any atom is 0.410 e. The molecule has 10 heteroatoms. The number of aromatic nitrogens is 2. The Morgan fingerprint density at radius 1 is 1.14 bits per heavy atom. The third-order valence-corrected chi connectivity index (χ3v) is 7.91. The van der Waals surface area contributed by atoms with Gasteiger partial charge in [-0.3, -0.25) is 0 Å². The topological polar surface area (TPSA) is 106 Å². The molecular weight excluding hydrogens is 480 g/mol. The van der Waals surface area contributed by atoms with Gasteiger partial charge in [-0.1, -0.05) is 0 Å². The number of aryl methyl sites for hydroxylation is 1. The Morgan fingerprint density at radius 3 is 2.58 bits per heavy atom. The number of hydrogen-bond acceptors (Lipinski definition) is 8. The summed E-state index contributed by atoms with van der Waals surface area (Å²) in [7, 11) is -3.28. The molecule has 1 fully saturated rings. The smallest absolute Gasteiger partial charge is 0.410 e. The number of sulfone groups is 1. The van der Waals surface area contributed by atoms with Gasteiger partial charge in [0.05, 0.1) is 11.2 Å². The van der Waals surface area contributed by atoms with Crippen LogP contribution in [0.3, 0.4) is 0 Å². The minimum absolute atomic E-state index is 0.221. The quantitative estimate of drug-likeness (QED) is 0.492. The summed E-state index contributed by atoms with van der Waals surface area (Å²) < 4.78 is 35.6. The van der Waals surface area contributed by atoms with Crippen molar-refractivity contribution in [3.63, 3.8) is 0 Å². The molecule has 1 amide bonds. The van der Waals surface area contributed by atoms with E-state index in [9.17, 15) is 13.2 Å². The lowest BCUT2D eigenvalue weighted by Gasteiger charge is -2.33. The maximum atomic E-state index is 12.4. The number of anilines is 2.